The van der Waals surface area contributed by atoms with Gasteiger partial charge < -0.3 is 14.2 Å². The third-order valence-electron chi connectivity index (χ3n) is 5.02. The summed E-state index contributed by atoms with van der Waals surface area (Å²) in [7, 11) is 5.01. The Bertz CT molecular complexity index is 812. The molecule has 1 radical (unpaired) electrons. The van der Waals surface area contributed by atoms with Crippen molar-refractivity contribution in [1.29, 1.82) is 0 Å². The Morgan fingerprint density at radius 2 is 1.67 bits per heavy atom. The number of methoxy groups -OCH3 is 3. The molecule has 0 N–H and O–H groups in total. The van der Waals surface area contributed by atoms with Crippen LogP contribution in [0.2, 0.25) is 0 Å². The number of hydrogen-bond donors (Lipinski definition) is 0. The number of ether oxygens (including phenoxy) is 3. The van der Waals surface area contributed by atoms with Gasteiger partial charge in [-0.25, -0.2) is 0 Å². The first-order valence-electron chi connectivity index (χ1n) is 9.16. The zero-order chi connectivity index (χ0) is 19.2. The minimum atomic E-state index is 0.0215. The minimum absolute atomic E-state index is 0.0215. The van der Waals surface area contributed by atoms with Gasteiger partial charge in [0.1, 0.15) is 5.76 Å². The van der Waals surface area contributed by atoms with E-state index >= 15 is 0 Å². The molecular weight excluding hydrogens is 338 g/mol. The van der Waals surface area contributed by atoms with E-state index in [9.17, 15) is 0 Å². The number of nitrogens with zero attached hydrogens (tertiary/aromatic N) is 1. The van der Waals surface area contributed by atoms with Gasteiger partial charge in [0.2, 0.25) is 0 Å². The topological polar surface area (TPSA) is 40.6 Å². The highest BCUT2D eigenvalue weighted by Crippen LogP contribution is 2.46. The van der Waals surface area contributed by atoms with E-state index in [4.69, 9.17) is 14.2 Å². The molecule has 1 aliphatic carbocycles. The van der Waals surface area contributed by atoms with Crippen LogP contribution in [-0.2, 0) is 14.2 Å². The molecule has 0 spiro atoms. The molecule has 3 rings (SSSR count). The Kier molecular flexibility index (Phi) is 6.17. The number of hydrogen-bond acceptors (Lipinski definition) is 4. The lowest BCUT2D eigenvalue weighted by molar-refractivity contribution is 0.159. The number of pyridine rings is 1. The molecule has 1 aromatic heterocycles. The first kappa shape index (κ1) is 19.0. The molecule has 27 heavy (non-hydrogen) atoms. The van der Waals surface area contributed by atoms with Gasteiger partial charge in [-0.15, -0.1) is 0 Å². The van der Waals surface area contributed by atoms with Gasteiger partial charge in [0.25, 0.3) is 0 Å². The van der Waals surface area contributed by atoms with Gasteiger partial charge in [-0.05, 0) is 29.5 Å². The highest BCUT2D eigenvalue weighted by molar-refractivity contribution is 5.78. The predicted molar refractivity (Wildman–Crippen MR) is 106 cm³/mol. The van der Waals surface area contributed by atoms with E-state index in [1.807, 2.05) is 30.5 Å². The van der Waals surface area contributed by atoms with Crippen LogP contribution in [0.25, 0.3) is 5.57 Å². The van der Waals surface area contributed by atoms with Crippen molar-refractivity contribution in [2.75, 3.05) is 21.3 Å². The van der Waals surface area contributed by atoms with E-state index in [1.54, 1.807) is 27.5 Å². The smallest absolute Gasteiger partial charge is 0.199 e. The van der Waals surface area contributed by atoms with Gasteiger partial charge in [-0.1, -0.05) is 43.3 Å². The van der Waals surface area contributed by atoms with Crippen molar-refractivity contribution in [2.45, 2.75) is 19.3 Å². The molecule has 0 amide bonds. The SMILES string of the molecule is CCC(c1cccnc1)C1[CH]C(c2ccccc2)=C(OC)C(OC)=C1OC. The third kappa shape index (κ3) is 3.70. The normalized spacial score (nSPS) is 18.3. The van der Waals surface area contributed by atoms with Crippen LogP contribution < -0.4 is 0 Å². The Morgan fingerprint density at radius 1 is 0.926 bits per heavy atom. The second kappa shape index (κ2) is 8.76. The summed E-state index contributed by atoms with van der Waals surface area (Å²) in [6.07, 6.45) is 6.91. The average molecular weight is 364 g/mol. The Morgan fingerprint density at radius 3 is 2.22 bits per heavy atom. The van der Waals surface area contributed by atoms with E-state index < -0.39 is 0 Å². The van der Waals surface area contributed by atoms with Crippen LogP contribution in [0.3, 0.4) is 0 Å². The molecular formula is C23H26NO3. The lowest BCUT2D eigenvalue weighted by atomic mass is 9.75. The molecule has 0 bridgehead atoms. The lowest BCUT2D eigenvalue weighted by Gasteiger charge is -2.34. The summed E-state index contributed by atoms with van der Waals surface area (Å²) in [5, 5.41) is 0. The quantitative estimate of drug-likeness (QED) is 0.695. The third-order valence-corrected chi connectivity index (χ3v) is 5.02. The van der Waals surface area contributed by atoms with Gasteiger partial charge in [0.05, 0.1) is 21.3 Å². The van der Waals surface area contributed by atoms with Gasteiger partial charge in [-0.2, -0.15) is 0 Å². The van der Waals surface area contributed by atoms with E-state index in [0.29, 0.717) is 11.5 Å². The highest BCUT2D eigenvalue weighted by atomic mass is 16.5. The molecule has 141 valence electrons. The highest BCUT2D eigenvalue weighted by Gasteiger charge is 2.37. The largest absolute Gasteiger partial charge is 0.497 e. The zero-order valence-electron chi connectivity index (χ0n) is 16.3. The minimum Gasteiger partial charge on any atom is -0.497 e. The fourth-order valence-corrected chi connectivity index (χ4v) is 3.78. The number of allylic oxidation sites excluding steroid dienone is 2. The van der Waals surface area contributed by atoms with E-state index in [1.165, 1.54) is 5.56 Å². The summed E-state index contributed by atoms with van der Waals surface area (Å²) in [6.45, 7) is 2.18. The molecule has 0 saturated heterocycles. The van der Waals surface area contributed by atoms with Crippen molar-refractivity contribution in [3.8, 4) is 0 Å². The van der Waals surface area contributed by atoms with E-state index in [0.717, 1.165) is 23.3 Å². The maximum atomic E-state index is 5.82. The summed E-state index contributed by atoms with van der Waals surface area (Å²) in [6, 6.07) is 14.3. The van der Waals surface area contributed by atoms with E-state index in [2.05, 4.69) is 36.5 Å². The number of benzene rings is 1. The molecule has 2 aromatic rings. The number of aromatic nitrogens is 1. The van der Waals surface area contributed by atoms with Crippen molar-refractivity contribution in [2.24, 2.45) is 5.92 Å². The van der Waals surface area contributed by atoms with Crippen LogP contribution in [0.1, 0.15) is 30.4 Å². The molecule has 4 heteroatoms. The van der Waals surface area contributed by atoms with Crippen molar-refractivity contribution < 1.29 is 14.2 Å². The second-order valence-electron chi connectivity index (χ2n) is 6.41. The molecule has 1 heterocycles. The summed E-state index contributed by atoms with van der Waals surface area (Å²) in [4.78, 5) is 4.31. The fraction of sp³-hybridized carbons (Fsp3) is 0.304. The van der Waals surface area contributed by atoms with Gasteiger partial charge >= 0.3 is 0 Å². The van der Waals surface area contributed by atoms with Crippen LogP contribution in [0.5, 0.6) is 0 Å². The van der Waals surface area contributed by atoms with Gasteiger partial charge in [-0.3, -0.25) is 4.98 Å². The molecule has 0 aliphatic heterocycles. The standard InChI is InChI=1S/C23H26NO3/c1-5-18(17-12-9-13-24-15-17)20-14-19(16-10-7-6-8-11-16)21(25-2)23(27-4)22(20)26-3/h6-15,18,20H,5H2,1-4H3. The first-order valence-corrected chi connectivity index (χ1v) is 9.16. The first-order chi connectivity index (χ1) is 13.2. The molecule has 0 saturated carbocycles. The van der Waals surface area contributed by atoms with Gasteiger partial charge in [0.15, 0.2) is 11.5 Å². The maximum Gasteiger partial charge on any atom is 0.199 e. The molecule has 2 atom stereocenters. The molecule has 0 fully saturated rings. The summed E-state index contributed by atoms with van der Waals surface area (Å²) in [5.74, 6) is 2.36. The zero-order valence-corrected chi connectivity index (χ0v) is 16.3. The van der Waals surface area contributed by atoms with Crippen molar-refractivity contribution in [3.63, 3.8) is 0 Å². The Hall–Kier alpha value is -2.75. The predicted octanol–water partition coefficient (Wildman–Crippen LogP) is 4.97. The summed E-state index contributed by atoms with van der Waals surface area (Å²) < 4.78 is 17.3. The number of rotatable bonds is 7. The van der Waals surface area contributed by atoms with Crippen LogP contribution in [-0.4, -0.2) is 26.3 Å². The van der Waals surface area contributed by atoms with Crippen LogP contribution in [0, 0.1) is 12.3 Å². The van der Waals surface area contributed by atoms with Crippen molar-refractivity contribution >= 4 is 5.57 Å². The van der Waals surface area contributed by atoms with Crippen molar-refractivity contribution in [1.82, 2.24) is 4.98 Å². The Balaban J connectivity index is 2.14. The Labute approximate surface area is 161 Å². The molecule has 1 aliphatic rings. The average Bonchev–Trinajstić information content (AvgIpc) is 2.74. The molecule has 4 nitrogen and oxygen atoms in total. The van der Waals surface area contributed by atoms with Crippen LogP contribution in [0.4, 0.5) is 0 Å². The molecule has 2 unspecified atom stereocenters. The van der Waals surface area contributed by atoms with E-state index in [-0.39, 0.29) is 11.8 Å². The van der Waals surface area contributed by atoms with Crippen LogP contribution >= 0.6 is 0 Å². The van der Waals surface area contributed by atoms with Crippen molar-refractivity contribution in [3.05, 3.63) is 89.7 Å². The maximum absolute atomic E-state index is 5.82. The second-order valence-corrected chi connectivity index (χ2v) is 6.41. The van der Waals surface area contributed by atoms with Crippen LogP contribution in [0.15, 0.2) is 72.1 Å². The summed E-state index contributed by atoms with van der Waals surface area (Å²) >= 11 is 0. The summed E-state index contributed by atoms with van der Waals surface area (Å²) in [5.41, 5.74) is 3.28. The fourth-order valence-electron chi connectivity index (χ4n) is 3.78. The lowest BCUT2D eigenvalue weighted by Crippen LogP contribution is -2.24. The monoisotopic (exact) mass is 364 g/mol. The van der Waals surface area contributed by atoms with Gasteiger partial charge in [0, 0.05) is 30.3 Å². The molecule has 1 aromatic carbocycles.